The number of aromatic amines is 2. The first-order valence-corrected chi connectivity index (χ1v) is 8.61. The third kappa shape index (κ3) is 2.60. The molecule has 0 amide bonds. The van der Waals surface area contributed by atoms with Crippen LogP contribution in [0.2, 0.25) is 0 Å². The highest BCUT2D eigenvalue weighted by Crippen LogP contribution is 2.30. The highest BCUT2D eigenvalue weighted by Gasteiger charge is 2.14. The van der Waals surface area contributed by atoms with Crippen LogP contribution in [0.1, 0.15) is 0 Å². The predicted molar refractivity (Wildman–Crippen MR) is 107 cm³/mol. The van der Waals surface area contributed by atoms with Crippen molar-refractivity contribution in [3.8, 4) is 22.6 Å². The van der Waals surface area contributed by atoms with Gasteiger partial charge in [-0.2, -0.15) is 5.10 Å². The molecule has 0 aliphatic heterocycles. The van der Waals surface area contributed by atoms with E-state index < -0.39 is 0 Å². The minimum absolute atomic E-state index is 0.683. The minimum Gasteiger partial charge on any atom is -0.376 e. The van der Waals surface area contributed by atoms with Crippen molar-refractivity contribution in [2.75, 3.05) is 19.0 Å². The molecular formula is C20H17N7. The molecule has 0 aliphatic carbocycles. The molecule has 2 N–H and O–H groups in total. The van der Waals surface area contributed by atoms with Crippen LogP contribution >= 0.6 is 0 Å². The van der Waals surface area contributed by atoms with Gasteiger partial charge in [-0.1, -0.05) is 6.07 Å². The van der Waals surface area contributed by atoms with Gasteiger partial charge in [-0.05, 0) is 35.9 Å². The van der Waals surface area contributed by atoms with Gasteiger partial charge in [-0.25, -0.2) is 9.97 Å². The number of fused-ring (bicyclic) bond motifs is 2. The van der Waals surface area contributed by atoms with Crippen molar-refractivity contribution in [2.45, 2.75) is 0 Å². The van der Waals surface area contributed by atoms with E-state index >= 15 is 0 Å². The summed E-state index contributed by atoms with van der Waals surface area (Å²) in [6.07, 6.45) is 5.46. The highest BCUT2D eigenvalue weighted by atomic mass is 15.1. The Kier molecular flexibility index (Phi) is 3.39. The molecule has 5 rings (SSSR count). The molecule has 7 nitrogen and oxygen atoms in total. The van der Waals surface area contributed by atoms with Crippen LogP contribution in [-0.4, -0.2) is 44.2 Å². The van der Waals surface area contributed by atoms with Crippen molar-refractivity contribution in [1.29, 1.82) is 0 Å². The summed E-state index contributed by atoms with van der Waals surface area (Å²) in [5.41, 5.74) is 6.51. The number of aromatic nitrogens is 6. The zero-order chi connectivity index (χ0) is 18.4. The third-order valence-electron chi connectivity index (χ3n) is 4.62. The van der Waals surface area contributed by atoms with E-state index in [9.17, 15) is 0 Å². The van der Waals surface area contributed by atoms with Crippen LogP contribution in [0.15, 0.2) is 55.0 Å². The molecule has 4 heterocycles. The molecule has 0 unspecified atom stereocenters. The molecule has 5 aromatic rings. The fourth-order valence-electron chi connectivity index (χ4n) is 3.16. The van der Waals surface area contributed by atoms with E-state index in [1.165, 1.54) is 0 Å². The quantitative estimate of drug-likeness (QED) is 0.516. The number of H-pyrrole nitrogens is 2. The second kappa shape index (κ2) is 5.91. The number of nitrogens with one attached hydrogen (secondary N) is 2. The molecule has 0 saturated carbocycles. The molecule has 0 radical (unpaired) electrons. The topological polar surface area (TPSA) is 86.4 Å². The Morgan fingerprint density at radius 3 is 2.74 bits per heavy atom. The van der Waals surface area contributed by atoms with Crippen LogP contribution in [0.3, 0.4) is 0 Å². The summed E-state index contributed by atoms with van der Waals surface area (Å²) in [6, 6.07) is 12.2. The van der Waals surface area contributed by atoms with Crippen LogP contribution in [0.25, 0.3) is 44.7 Å². The molecule has 7 heteroatoms. The third-order valence-corrected chi connectivity index (χ3v) is 4.62. The van der Waals surface area contributed by atoms with Crippen LogP contribution in [0.4, 0.5) is 5.69 Å². The van der Waals surface area contributed by atoms with Gasteiger partial charge >= 0.3 is 0 Å². The molecular weight excluding hydrogens is 338 g/mol. The lowest BCUT2D eigenvalue weighted by Gasteiger charge is -2.13. The van der Waals surface area contributed by atoms with E-state index in [-0.39, 0.29) is 0 Å². The summed E-state index contributed by atoms with van der Waals surface area (Å²) in [5.74, 6) is 0.701. The second-order valence-electron chi connectivity index (χ2n) is 6.62. The zero-order valence-corrected chi connectivity index (χ0v) is 14.9. The lowest BCUT2D eigenvalue weighted by atomic mass is 10.0. The van der Waals surface area contributed by atoms with Gasteiger partial charge in [-0.15, -0.1) is 0 Å². The fraction of sp³-hybridized carbons (Fsp3) is 0.100. The molecule has 0 spiro atoms. The lowest BCUT2D eigenvalue weighted by Crippen LogP contribution is -2.08. The van der Waals surface area contributed by atoms with E-state index in [1.807, 2.05) is 49.6 Å². The first-order valence-electron chi connectivity index (χ1n) is 8.61. The number of imidazole rings is 1. The average molecular weight is 355 g/mol. The Bertz CT molecular complexity index is 1230. The van der Waals surface area contributed by atoms with Gasteiger partial charge in [0.2, 0.25) is 0 Å². The maximum absolute atomic E-state index is 4.58. The summed E-state index contributed by atoms with van der Waals surface area (Å²) < 4.78 is 0. The number of rotatable bonds is 3. The monoisotopic (exact) mass is 355 g/mol. The zero-order valence-electron chi connectivity index (χ0n) is 14.9. The molecule has 4 aromatic heterocycles. The van der Waals surface area contributed by atoms with Crippen molar-refractivity contribution in [3.05, 3.63) is 55.0 Å². The molecule has 0 fully saturated rings. The van der Waals surface area contributed by atoms with Crippen molar-refractivity contribution in [1.82, 2.24) is 30.1 Å². The maximum Gasteiger partial charge on any atom is 0.178 e. The molecule has 1 aromatic carbocycles. The summed E-state index contributed by atoms with van der Waals surface area (Å²) in [6.45, 7) is 0. The number of anilines is 1. The van der Waals surface area contributed by atoms with Crippen LogP contribution in [-0.2, 0) is 0 Å². The first kappa shape index (κ1) is 15.5. The van der Waals surface area contributed by atoms with Gasteiger partial charge < -0.3 is 9.88 Å². The van der Waals surface area contributed by atoms with Crippen molar-refractivity contribution in [2.24, 2.45) is 0 Å². The molecule has 0 saturated heterocycles. The van der Waals surface area contributed by atoms with E-state index in [4.69, 9.17) is 0 Å². The van der Waals surface area contributed by atoms with E-state index in [0.717, 1.165) is 38.9 Å². The summed E-state index contributed by atoms with van der Waals surface area (Å²) in [4.78, 5) is 18.6. The lowest BCUT2D eigenvalue weighted by molar-refractivity contribution is 1.10. The van der Waals surface area contributed by atoms with Gasteiger partial charge in [0, 0.05) is 37.4 Å². The maximum atomic E-state index is 4.58. The number of hydrogen-bond acceptors (Lipinski definition) is 5. The standard InChI is InChI=1S/C20H17N7/c1-27(2)14-8-13(10-21-11-14)12-5-6-16-15(9-12)18(26-25-16)20-23-17-4-3-7-22-19(17)24-20/h3-11H,1-2H3,(H,25,26)(H,22,23,24). The summed E-state index contributed by atoms with van der Waals surface area (Å²) in [7, 11) is 4.02. The number of pyridine rings is 2. The second-order valence-corrected chi connectivity index (χ2v) is 6.62. The minimum atomic E-state index is 0.683. The Labute approximate surface area is 155 Å². The predicted octanol–water partition coefficient (Wildman–Crippen LogP) is 3.63. The van der Waals surface area contributed by atoms with Crippen molar-refractivity contribution >= 4 is 27.8 Å². The molecule has 0 aliphatic rings. The Hall–Kier alpha value is -3.74. The van der Waals surface area contributed by atoms with Gasteiger partial charge in [0.15, 0.2) is 11.5 Å². The number of nitrogens with zero attached hydrogens (tertiary/aromatic N) is 5. The van der Waals surface area contributed by atoms with Crippen LogP contribution in [0, 0.1) is 0 Å². The normalized spacial score (nSPS) is 11.3. The van der Waals surface area contributed by atoms with Gasteiger partial charge in [0.25, 0.3) is 0 Å². The Balaban J connectivity index is 1.65. The Morgan fingerprint density at radius 1 is 0.963 bits per heavy atom. The van der Waals surface area contributed by atoms with E-state index in [0.29, 0.717) is 11.5 Å². The summed E-state index contributed by atoms with van der Waals surface area (Å²) >= 11 is 0. The number of hydrogen-bond donors (Lipinski definition) is 2. The molecule has 132 valence electrons. The average Bonchev–Trinajstić information content (AvgIpc) is 3.31. The van der Waals surface area contributed by atoms with E-state index in [2.05, 4.69) is 48.3 Å². The molecule has 27 heavy (non-hydrogen) atoms. The molecule has 0 atom stereocenters. The Morgan fingerprint density at radius 2 is 1.89 bits per heavy atom. The SMILES string of the molecule is CN(C)c1cncc(-c2ccc3[nH]nc(-c4nc5ncccc5[nH]4)c3c2)c1. The fourth-order valence-corrected chi connectivity index (χ4v) is 3.16. The van der Waals surface area contributed by atoms with Gasteiger partial charge in [0.1, 0.15) is 5.69 Å². The summed E-state index contributed by atoms with van der Waals surface area (Å²) in [5, 5.41) is 8.56. The van der Waals surface area contributed by atoms with Crippen molar-refractivity contribution in [3.63, 3.8) is 0 Å². The highest BCUT2D eigenvalue weighted by molar-refractivity contribution is 5.95. The van der Waals surface area contributed by atoms with Gasteiger partial charge in [0.05, 0.1) is 22.9 Å². The smallest absolute Gasteiger partial charge is 0.178 e. The largest absolute Gasteiger partial charge is 0.376 e. The van der Waals surface area contributed by atoms with Gasteiger partial charge in [-0.3, -0.25) is 10.1 Å². The van der Waals surface area contributed by atoms with E-state index in [1.54, 1.807) is 6.20 Å². The van der Waals surface area contributed by atoms with Crippen LogP contribution in [0.5, 0.6) is 0 Å². The first-order chi connectivity index (χ1) is 13.2. The van der Waals surface area contributed by atoms with Crippen molar-refractivity contribution < 1.29 is 0 Å². The van der Waals surface area contributed by atoms with Crippen LogP contribution < -0.4 is 4.90 Å². The molecule has 0 bridgehead atoms. The number of benzene rings is 1.